The minimum absolute atomic E-state index is 0.0223. The number of carbonyl (C=O) groups is 1. The molecule has 3 unspecified atom stereocenters. The predicted molar refractivity (Wildman–Crippen MR) is 82.0 cm³/mol. The molecule has 1 saturated carbocycles. The van der Waals surface area contributed by atoms with E-state index in [1.807, 2.05) is 6.07 Å². The molecule has 0 heterocycles. The fourth-order valence-electron chi connectivity index (χ4n) is 2.63. The van der Waals surface area contributed by atoms with E-state index in [1.54, 1.807) is 12.1 Å². The lowest BCUT2D eigenvalue weighted by Crippen LogP contribution is -2.39. The number of nitrogens with two attached hydrogens (primary N) is 1. The lowest BCUT2D eigenvalue weighted by Gasteiger charge is -2.32. The Bertz CT molecular complexity index is 475. The number of halogens is 1. The van der Waals surface area contributed by atoms with Crippen LogP contribution in [0.5, 0.6) is 0 Å². The van der Waals surface area contributed by atoms with E-state index in [0.717, 1.165) is 23.2 Å². The van der Waals surface area contributed by atoms with Crippen molar-refractivity contribution in [1.29, 1.82) is 0 Å². The summed E-state index contributed by atoms with van der Waals surface area (Å²) in [6.07, 6.45) is 3.33. The van der Waals surface area contributed by atoms with Gasteiger partial charge >= 0.3 is 0 Å². The first-order chi connectivity index (χ1) is 8.97. The summed E-state index contributed by atoms with van der Waals surface area (Å²) in [6.45, 7) is 4.55. The summed E-state index contributed by atoms with van der Waals surface area (Å²) in [4.78, 5) is 12.2. The van der Waals surface area contributed by atoms with Gasteiger partial charge in [0, 0.05) is 21.8 Å². The van der Waals surface area contributed by atoms with Gasteiger partial charge in [-0.25, -0.2) is 0 Å². The average Bonchev–Trinajstić information content (AvgIpc) is 2.37. The Hall–Kier alpha value is -1.03. The molecule has 0 aromatic heterocycles. The molecule has 0 spiro atoms. The molecule has 1 fully saturated rings. The van der Waals surface area contributed by atoms with E-state index in [1.165, 1.54) is 6.42 Å². The second kappa shape index (κ2) is 5.95. The summed E-state index contributed by atoms with van der Waals surface area (Å²) in [7, 11) is 0. The summed E-state index contributed by atoms with van der Waals surface area (Å²) in [5.74, 6) is 1.41. The van der Waals surface area contributed by atoms with Crippen molar-refractivity contribution in [2.75, 3.05) is 5.73 Å². The maximum Gasteiger partial charge on any atom is 0.251 e. The Kier molecular flexibility index (Phi) is 4.50. The topological polar surface area (TPSA) is 55.1 Å². The van der Waals surface area contributed by atoms with E-state index >= 15 is 0 Å². The average molecular weight is 325 g/mol. The van der Waals surface area contributed by atoms with Crippen LogP contribution < -0.4 is 11.1 Å². The van der Waals surface area contributed by atoms with Crippen LogP contribution in [0.25, 0.3) is 0 Å². The fourth-order valence-corrected chi connectivity index (χ4v) is 2.88. The van der Waals surface area contributed by atoms with Gasteiger partial charge in [0.15, 0.2) is 0 Å². The monoisotopic (exact) mass is 324 g/mol. The number of rotatable bonds is 2. The standard InChI is InChI=1S/C15H21BrN2O/c1-9-3-5-12(7-10(9)2)18-15(19)11-4-6-13(16)14(17)8-11/h4,6,8-10,12H,3,5,7,17H2,1-2H3,(H,18,19). The van der Waals surface area contributed by atoms with Gasteiger partial charge in [-0.15, -0.1) is 0 Å². The maximum absolute atomic E-state index is 12.2. The Morgan fingerprint density at radius 1 is 1.32 bits per heavy atom. The second-order valence-electron chi connectivity index (χ2n) is 5.67. The largest absolute Gasteiger partial charge is 0.398 e. The quantitative estimate of drug-likeness (QED) is 0.817. The highest BCUT2D eigenvalue weighted by molar-refractivity contribution is 9.10. The van der Waals surface area contributed by atoms with E-state index in [-0.39, 0.29) is 5.91 Å². The van der Waals surface area contributed by atoms with Gasteiger partial charge in [0.2, 0.25) is 0 Å². The van der Waals surface area contributed by atoms with Crippen LogP contribution in [0.15, 0.2) is 22.7 Å². The van der Waals surface area contributed by atoms with E-state index in [4.69, 9.17) is 5.73 Å². The summed E-state index contributed by atoms with van der Waals surface area (Å²) < 4.78 is 0.823. The Morgan fingerprint density at radius 3 is 2.68 bits per heavy atom. The van der Waals surface area contributed by atoms with Crippen molar-refractivity contribution >= 4 is 27.5 Å². The first kappa shape index (κ1) is 14.4. The number of carbonyl (C=O) groups excluding carboxylic acids is 1. The van der Waals surface area contributed by atoms with Crippen LogP contribution in [0.3, 0.4) is 0 Å². The minimum atomic E-state index is -0.0223. The van der Waals surface area contributed by atoms with Crippen molar-refractivity contribution in [2.24, 2.45) is 11.8 Å². The Labute approximate surface area is 123 Å². The van der Waals surface area contributed by atoms with Crippen LogP contribution in [-0.2, 0) is 0 Å². The molecule has 3 nitrogen and oxygen atoms in total. The van der Waals surface area contributed by atoms with Gasteiger partial charge < -0.3 is 11.1 Å². The summed E-state index contributed by atoms with van der Waals surface area (Å²) >= 11 is 3.33. The van der Waals surface area contributed by atoms with Crippen LogP contribution in [-0.4, -0.2) is 11.9 Å². The zero-order valence-corrected chi connectivity index (χ0v) is 13.0. The molecule has 1 aromatic rings. The van der Waals surface area contributed by atoms with Gasteiger partial charge in [0.25, 0.3) is 5.91 Å². The SMILES string of the molecule is CC1CCC(NC(=O)c2ccc(Br)c(N)c2)CC1C. The smallest absolute Gasteiger partial charge is 0.251 e. The molecule has 1 aromatic carbocycles. The van der Waals surface area contributed by atoms with Gasteiger partial charge in [-0.3, -0.25) is 4.79 Å². The summed E-state index contributed by atoms with van der Waals surface area (Å²) in [6, 6.07) is 5.62. The number of anilines is 1. The molecule has 0 radical (unpaired) electrons. The molecule has 3 atom stereocenters. The third-order valence-electron chi connectivity index (χ3n) is 4.19. The predicted octanol–water partition coefficient (Wildman–Crippen LogP) is 3.59. The van der Waals surface area contributed by atoms with E-state index in [2.05, 4.69) is 35.1 Å². The molecule has 3 N–H and O–H groups in total. The normalized spacial score (nSPS) is 27.0. The van der Waals surface area contributed by atoms with E-state index in [9.17, 15) is 4.79 Å². The molecule has 1 aliphatic carbocycles. The maximum atomic E-state index is 12.2. The molecule has 4 heteroatoms. The fraction of sp³-hybridized carbons (Fsp3) is 0.533. The molecule has 0 bridgehead atoms. The molecular formula is C15H21BrN2O. The molecule has 1 amide bonds. The van der Waals surface area contributed by atoms with Crippen molar-refractivity contribution in [1.82, 2.24) is 5.32 Å². The Morgan fingerprint density at radius 2 is 2.05 bits per heavy atom. The van der Waals surface area contributed by atoms with Gasteiger partial charge in [-0.2, -0.15) is 0 Å². The lowest BCUT2D eigenvalue weighted by molar-refractivity contribution is 0.0910. The van der Waals surface area contributed by atoms with Crippen molar-refractivity contribution in [3.05, 3.63) is 28.2 Å². The third-order valence-corrected chi connectivity index (χ3v) is 4.91. The molecular weight excluding hydrogens is 304 g/mol. The molecule has 19 heavy (non-hydrogen) atoms. The number of hydrogen-bond acceptors (Lipinski definition) is 2. The van der Waals surface area contributed by atoms with Crippen molar-refractivity contribution in [3.63, 3.8) is 0 Å². The highest BCUT2D eigenvalue weighted by Crippen LogP contribution is 2.29. The summed E-state index contributed by atoms with van der Waals surface area (Å²) in [5.41, 5.74) is 7.03. The molecule has 0 aliphatic heterocycles. The highest BCUT2D eigenvalue weighted by Gasteiger charge is 2.25. The first-order valence-electron chi connectivity index (χ1n) is 6.83. The zero-order chi connectivity index (χ0) is 14.0. The number of hydrogen-bond donors (Lipinski definition) is 2. The number of nitrogen functional groups attached to an aromatic ring is 1. The van der Waals surface area contributed by atoms with Crippen molar-refractivity contribution in [2.45, 2.75) is 39.2 Å². The third kappa shape index (κ3) is 3.50. The first-order valence-corrected chi connectivity index (χ1v) is 7.62. The molecule has 1 aliphatic rings. The number of benzene rings is 1. The number of nitrogens with one attached hydrogen (secondary N) is 1. The van der Waals surface area contributed by atoms with Crippen LogP contribution in [0.2, 0.25) is 0 Å². The van der Waals surface area contributed by atoms with Crippen LogP contribution in [0.4, 0.5) is 5.69 Å². The zero-order valence-electron chi connectivity index (χ0n) is 11.4. The van der Waals surface area contributed by atoms with Gasteiger partial charge in [-0.05, 0) is 65.2 Å². The second-order valence-corrected chi connectivity index (χ2v) is 6.53. The van der Waals surface area contributed by atoms with E-state index < -0.39 is 0 Å². The van der Waals surface area contributed by atoms with Gasteiger partial charge in [-0.1, -0.05) is 13.8 Å². The molecule has 0 saturated heterocycles. The molecule has 2 rings (SSSR count). The minimum Gasteiger partial charge on any atom is -0.398 e. The van der Waals surface area contributed by atoms with Crippen molar-refractivity contribution in [3.8, 4) is 0 Å². The van der Waals surface area contributed by atoms with Gasteiger partial charge in [0.1, 0.15) is 0 Å². The number of amides is 1. The van der Waals surface area contributed by atoms with E-state index in [0.29, 0.717) is 23.2 Å². The Balaban J connectivity index is 1.99. The summed E-state index contributed by atoms with van der Waals surface area (Å²) in [5, 5.41) is 3.12. The highest BCUT2D eigenvalue weighted by atomic mass is 79.9. The van der Waals surface area contributed by atoms with Crippen LogP contribution >= 0.6 is 15.9 Å². The van der Waals surface area contributed by atoms with Crippen LogP contribution in [0.1, 0.15) is 43.5 Å². The van der Waals surface area contributed by atoms with Crippen molar-refractivity contribution < 1.29 is 4.79 Å². The van der Waals surface area contributed by atoms with Crippen LogP contribution in [0, 0.1) is 11.8 Å². The van der Waals surface area contributed by atoms with Gasteiger partial charge in [0.05, 0.1) is 0 Å². The lowest BCUT2D eigenvalue weighted by atomic mass is 9.79. The molecule has 104 valence electrons.